The van der Waals surface area contributed by atoms with Crippen molar-refractivity contribution in [1.29, 1.82) is 0 Å². The van der Waals surface area contributed by atoms with Gasteiger partial charge < -0.3 is 14.3 Å². The fourth-order valence-corrected chi connectivity index (χ4v) is 4.90. The van der Waals surface area contributed by atoms with Gasteiger partial charge in [0.15, 0.2) is 4.77 Å². The summed E-state index contributed by atoms with van der Waals surface area (Å²) in [5.74, 6) is 1.33. The van der Waals surface area contributed by atoms with Gasteiger partial charge in [-0.05, 0) is 55.8 Å². The number of H-pyrrole nitrogens is 1. The zero-order chi connectivity index (χ0) is 21.1. The zero-order valence-corrected chi connectivity index (χ0v) is 19.8. The molecule has 164 valence electrons. The smallest absolute Gasteiger partial charge is 0.309 e. The Bertz CT molecular complexity index is 728. The lowest BCUT2D eigenvalue weighted by Gasteiger charge is -2.14. The van der Waals surface area contributed by atoms with E-state index >= 15 is 0 Å². The lowest BCUT2D eigenvalue weighted by molar-refractivity contribution is -0.149. The fraction of sp³-hybridized carbons (Fsp3) is 0.783. The molecule has 0 radical (unpaired) electrons. The molecule has 3 unspecified atom stereocenters. The van der Waals surface area contributed by atoms with Crippen molar-refractivity contribution < 1.29 is 9.53 Å². The minimum absolute atomic E-state index is 0.0427. The summed E-state index contributed by atoms with van der Waals surface area (Å²) in [7, 11) is 0. The van der Waals surface area contributed by atoms with Crippen LogP contribution in [0.1, 0.15) is 84.5 Å². The Labute approximate surface area is 186 Å². The van der Waals surface area contributed by atoms with E-state index in [1.165, 1.54) is 38.5 Å². The first-order valence-corrected chi connectivity index (χ1v) is 12.3. The summed E-state index contributed by atoms with van der Waals surface area (Å²) in [5, 5.41) is 0. The van der Waals surface area contributed by atoms with Crippen LogP contribution in [0.4, 0.5) is 0 Å². The normalized spacial score (nSPS) is 21.4. The third-order valence-corrected chi connectivity index (χ3v) is 6.68. The molecule has 0 saturated heterocycles. The van der Waals surface area contributed by atoms with Crippen LogP contribution >= 0.6 is 24.4 Å². The standard InChI is InChI=1S/C23H38N2O2S2/c1-18-16-19(2)20(17-18)22(26)27-15-11-9-7-5-3-4-6-8-10-13-25-14-12-21(28)24-23(25)29/h12,14,18-20H,3-11,13,15-17H2,1-2H3,(H,24,28,29). The molecule has 1 fully saturated rings. The highest BCUT2D eigenvalue weighted by atomic mass is 32.1. The number of carbonyl (C=O) groups is 1. The maximum absolute atomic E-state index is 12.1. The lowest BCUT2D eigenvalue weighted by Crippen LogP contribution is -2.20. The largest absolute Gasteiger partial charge is 0.465 e. The summed E-state index contributed by atoms with van der Waals surface area (Å²) < 4.78 is 8.99. The van der Waals surface area contributed by atoms with E-state index in [1.807, 2.05) is 12.3 Å². The number of esters is 1. The second kappa shape index (κ2) is 13.3. The van der Waals surface area contributed by atoms with Gasteiger partial charge in [-0.2, -0.15) is 0 Å². The molecule has 29 heavy (non-hydrogen) atoms. The number of aryl methyl sites for hydroxylation is 1. The Morgan fingerprint density at radius 2 is 1.66 bits per heavy atom. The van der Waals surface area contributed by atoms with Crippen LogP contribution in [0.5, 0.6) is 0 Å². The number of nitrogens with zero attached hydrogens (tertiary/aromatic N) is 1. The number of hydrogen-bond donors (Lipinski definition) is 1. The average Bonchev–Trinajstić information content (AvgIpc) is 3.02. The third kappa shape index (κ3) is 9.12. The van der Waals surface area contributed by atoms with Crippen LogP contribution in [0, 0.1) is 27.2 Å². The summed E-state index contributed by atoms with van der Waals surface area (Å²) in [5.41, 5.74) is 0. The van der Waals surface area contributed by atoms with Gasteiger partial charge in [0.2, 0.25) is 0 Å². The highest BCUT2D eigenvalue weighted by Gasteiger charge is 2.34. The number of rotatable bonds is 13. The minimum Gasteiger partial charge on any atom is -0.465 e. The van der Waals surface area contributed by atoms with Crippen molar-refractivity contribution in [2.24, 2.45) is 17.8 Å². The van der Waals surface area contributed by atoms with Crippen LogP contribution in [0.15, 0.2) is 12.3 Å². The topological polar surface area (TPSA) is 47.0 Å². The Morgan fingerprint density at radius 1 is 1.03 bits per heavy atom. The van der Waals surface area contributed by atoms with Crippen LogP contribution in [0.25, 0.3) is 0 Å². The quantitative estimate of drug-likeness (QED) is 0.204. The lowest BCUT2D eigenvalue weighted by atomic mass is 9.99. The minimum atomic E-state index is 0.0427. The van der Waals surface area contributed by atoms with Crippen LogP contribution < -0.4 is 0 Å². The number of aromatic amines is 1. The van der Waals surface area contributed by atoms with Gasteiger partial charge in [-0.3, -0.25) is 4.79 Å². The third-order valence-electron chi connectivity index (χ3n) is 6.10. The first-order valence-electron chi connectivity index (χ1n) is 11.4. The summed E-state index contributed by atoms with van der Waals surface area (Å²) >= 11 is 10.4. The number of aromatic nitrogens is 2. The summed E-state index contributed by atoms with van der Waals surface area (Å²) in [6.07, 6.45) is 15.1. The molecule has 1 aromatic rings. The van der Waals surface area contributed by atoms with Gasteiger partial charge in [-0.25, -0.2) is 0 Å². The Hall–Kier alpha value is -1.01. The van der Waals surface area contributed by atoms with Crippen molar-refractivity contribution in [2.45, 2.75) is 91.0 Å². The molecule has 1 saturated carbocycles. The Morgan fingerprint density at radius 3 is 2.24 bits per heavy atom. The summed E-state index contributed by atoms with van der Waals surface area (Å²) in [6, 6.07) is 1.89. The molecule has 1 heterocycles. The van der Waals surface area contributed by atoms with E-state index in [0.717, 1.165) is 43.4 Å². The van der Waals surface area contributed by atoms with Crippen LogP contribution in [0.3, 0.4) is 0 Å². The van der Waals surface area contributed by atoms with Crippen molar-refractivity contribution in [2.75, 3.05) is 6.61 Å². The van der Waals surface area contributed by atoms with E-state index in [9.17, 15) is 4.79 Å². The first kappa shape index (κ1) is 24.3. The molecule has 0 aliphatic heterocycles. The molecule has 0 amide bonds. The molecule has 4 nitrogen and oxygen atoms in total. The van der Waals surface area contributed by atoms with E-state index in [1.54, 1.807) is 0 Å². The zero-order valence-electron chi connectivity index (χ0n) is 18.2. The number of carbonyl (C=O) groups excluding carboxylic acids is 1. The molecule has 1 aromatic heterocycles. The van der Waals surface area contributed by atoms with Gasteiger partial charge in [0.1, 0.15) is 4.64 Å². The van der Waals surface area contributed by atoms with Crippen molar-refractivity contribution in [1.82, 2.24) is 9.55 Å². The summed E-state index contributed by atoms with van der Waals surface area (Å²) in [6.45, 7) is 5.98. The Kier molecular flexibility index (Phi) is 11.1. The number of nitrogens with one attached hydrogen (secondary N) is 1. The first-order chi connectivity index (χ1) is 14.0. The fourth-order valence-electron chi connectivity index (χ4n) is 4.41. The van der Waals surface area contributed by atoms with E-state index in [0.29, 0.717) is 23.1 Å². The molecule has 6 heteroatoms. The average molecular weight is 439 g/mol. The Balaban J connectivity index is 1.38. The van der Waals surface area contributed by atoms with E-state index < -0.39 is 0 Å². The van der Waals surface area contributed by atoms with Gasteiger partial charge in [0.05, 0.1) is 12.5 Å². The second-order valence-electron chi connectivity index (χ2n) is 8.81. The molecule has 1 aliphatic carbocycles. The van der Waals surface area contributed by atoms with Gasteiger partial charge in [-0.1, -0.05) is 71.0 Å². The molecule has 3 atom stereocenters. The highest BCUT2D eigenvalue weighted by Crippen LogP contribution is 2.36. The second-order valence-corrected chi connectivity index (χ2v) is 9.64. The SMILES string of the molecule is CC1CC(C)C(C(=O)OCCCCCCCCCCCn2ccc(=S)[nH]c2=S)C1. The van der Waals surface area contributed by atoms with Gasteiger partial charge in [-0.15, -0.1) is 0 Å². The van der Waals surface area contributed by atoms with Gasteiger partial charge in [0.25, 0.3) is 0 Å². The monoisotopic (exact) mass is 438 g/mol. The maximum atomic E-state index is 12.1. The molecule has 1 N–H and O–H groups in total. The molecule has 0 spiro atoms. The van der Waals surface area contributed by atoms with Crippen molar-refractivity contribution in [3.8, 4) is 0 Å². The van der Waals surface area contributed by atoms with Crippen molar-refractivity contribution >= 4 is 30.4 Å². The highest BCUT2D eigenvalue weighted by molar-refractivity contribution is 7.72. The molecular formula is C23H38N2O2S2. The van der Waals surface area contributed by atoms with Crippen LogP contribution in [-0.4, -0.2) is 22.1 Å². The van der Waals surface area contributed by atoms with Crippen molar-refractivity contribution in [3.05, 3.63) is 21.7 Å². The number of ether oxygens (including phenoxy) is 1. The van der Waals surface area contributed by atoms with Crippen molar-refractivity contribution in [3.63, 3.8) is 0 Å². The number of unbranched alkanes of at least 4 members (excludes halogenated alkanes) is 8. The van der Waals surface area contributed by atoms with Crippen LogP contribution in [-0.2, 0) is 16.1 Å². The number of hydrogen-bond acceptors (Lipinski definition) is 4. The van der Waals surface area contributed by atoms with Gasteiger partial charge >= 0.3 is 5.97 Å². The van der Waals surface area contributed by atoms with E-state index in [2.05, 4.69) is 23.4 Å². The predicted molar refractivity (Wildman–Crippen MR) is 124 cm³/mol. The molecule has 0 aromatic carbocycles. The molecule has 0 bridgehead atoms. The summed E-state index contributed by atoms with van der Waals surface area (Å²) in [4.78, 5) is 15.2. The molecular weight excluding hydrogens is 400 g/mol. The van der Waals surface area contributed by atoms with Crippen LogP contribution in [0.2, 0.25) is 0 Å². The maximum Gasteiger partial charge on any atom is 0.309 e. The molecule has 1 aliphatic rings. The van der Waals surface area contributed by atoms with E-state index in [4.69, 9.17) is 29.2 Å². The molecule has 2 rings (SSSR count). The van der Waals surface area contributed by atoms with E-state index in [-0.39, 0.29) is 11.9 Å². The van der Waals surface area contributed by atoms with Gasteiger partial charge in [0, 0.05) is 12.7 Å². The predicted octanol–water partition coefficient (Wildman–Crippen LogP) is 7.01.